The van der Waals surface area contributed by atoms with Crippen molar-refractivity contribution in [3.8, 4) is 0 Å². The Labute approximate surface area is 113 Å². The number of nitrogens with one attached hydrogen (secondary N) is 1. The fourth-order valence-corrected chi connectivity index (χ4v) is 1.68. The summed E-state index contributed by atoms with van der Waals surface area (Å²) in [7, 11) is 0. The standard InChI is InChI=1S/C14H22N2O3/c1-14(2,3)8-12(18)15-9-11(17)10-16-7-5-4-6-13(16)19/h4-7,11,17H,8-10H2,1-3H3,(H,15,18). The van der Waals surface area contributed by atoms with Crippen molar-refractivity contribution in [1.29, 1.82) is 0 Å². The Bertz CT molecular complexity index is 474. The highest BCUT2D eigenvalue weighted by molar-refractivity contribution is 5.76. The van der Waals surface area contributed by atoms with Crippen LogP contribution in [0.5, 0.6) is 0 Å². The third kappa shape index (κ3) is 6.20. The van der Waals surface area contributed by atoms with E-state index in [0.29, 0.717) is 6.42 Å². The number of carbonyl (C=O) groups is 1. The third-order valence-electron chi connectivity index (χ3n) is 2.53. The molecule has 5 nitrogen and oxygen atoms in total. The van der Waals surface area contributed by atoms with E-state index in [1.54, 1.807) is 18.3 Å². The minimum Gasteiger partial charge on any atom is -0.389 e. The molecule has 0 aliphatic rings. The van der Waals surface area contributed by atoms with Gasteiger partial charge in [-0.2, -0.15) is 0 Å². The van der Waals surface area contributed by atoms with Gasteiger partial charge in [0.15, 0.2) is 0 Å². The van der Waals surface area contributed by atoms with Gasteiger partial charge in [-0.1, -0.05) is 26.8 Å². The van der Waals surface area contributed by atoms with Gasteiger partial charge in [0.25, 0.3) is 5.56 Å². The smallest absolute Gasteiger partial charge is 0.250 e. The van der Waals surface area contributed by atoms with Crippen LogP contribution in [0, 0.1) is 5.41 Å². The molecule has 0 saturated heterocycles. The number of hydrogen-bond donors (Lipinski definition) is 2. The predicted molar refractivity (Wildman–Crippen MR) is 73.8 cm³/mol. The maximum absolute atomic E-state index is 11.6. The van der Waals surface area contributed by atoms with Crippen molar-refractivity contribution in [3.05, 3.63) is 34.7 Å². The van der Waals surface area contributed by atoms with E-state index >= 15 is 0 Å². The van der Waals surface area contributed by atoms with E-state index < -0.39 is 6.10 Å². The summed E-state index contributed by atoms with van der Waals surface area (Å²) < 4.78 is 1.42. The van der Waals surface area contributed by atoms with Crippen LogP contribution in [0.4, 0.5) is 0 Å². The predicted octanol–water partition coefficient (Wildman–Crippen LogP) is 0.762. The monoisotopic (exact) mass is 266 g/mol. The van der Waals surface area contributed by atoms with E-state index in [4.69, 9.17) is 0 Å². The SMILES string of the molecule is CC(C)(C)CC(=O)NCC(O)Cn1ccccc1=O. The molecule has 1 rings (SSSR count). The third-order valence-corrected chi connectivity index (χ3v) is 2.53. The van der Waals surface area contributed by atoms with Crippen molar-refractivity contribution in [3.63, 3.8) is 0 Å². The summed E-state index contributed by atoms with van der Waals surface area (Å²) in [6, 6.07) is 4.81. The second-order valence-corrected chi connectivity index (χ2v) is 5.89. The first-order valence-corrected chi connectivity index (χ1v) is 6.38. The number of rotatable bonds is 5. The summed E-state index contributed by atoms with van der Waals surface area (Å²) in [5.41, 5.74) is -0.242. The van der Waals surface area contributed by atoms with Crippen LogP contribution in [0.25, 0.3) is 0 Å². The zero-order valence-electron chi connectivity index (χ0n) is 11.7. The van der Waals surface area contributed by atoms with Crippen LogP contribution in [-0.4, -0.2) is 28.2 Å². The number of nitrogens with zero attached hydrogens (tertiary/aromatic N) is 1. The maximum Gasteiger partial charge on any atom is 0.250 e. The van der Waals surface area contributed by atoms with Crippen molar-refractivity contribution in [1.82, 2.24) is 9.88 Å². The van der Waals surface area contributed by atoms with Crippen LogP contribution in [0.2, 0.25) is 0 Å². The van der Waals surface area contributed by atoms with Crippen LogP contribution in [0.3, 0.4) is 0 Å². The molecule has 0 aliphatic carbocycles. The molecule has 2 N–H and O–H groups in total. The van der Waals surface area contributed by atoms with Gasteiger partial charge in [-0.3, -0.25) is 9.59 Å². The Morgan fingerprint density at radius 1 is 1.42 bits per heavy atom. The molecule has 1 amide bonds. The van der Waals surface area contributed by atoms with E-state index in [2.05, 4.69) is 5.32 Å². The molecule has 106 valence electrons. The zero-order chi connectivity index (χ0) is 14.5. The number of carbonyl (C=O) groups excluding carboxylic acids is 1. The fraction of sp³-hybridized carbons (Fsp3) is 0.571. The van der Waals surface area contributed by atoms with Gasteiger partial charge in [0.1, 0.15) is 0 Å². The van der Waals surface area contributed by atoms with Crippen LogP contribution in [0.15, 0.2) is 29.2 Å². The molecule has 1 heterocycles. The highest BCUT2D eigenvalue weighted by atomic mass is 16.3. The molecular weight excluding hydrogens is 244 g/mol. The van der Waals surface area contributed by atoms with Gasteiger partial charge in [-0.25, -0.2) is 0 Å². The molecule has 0 aromatic carbocycles. The molecule has 1 atom stereocenters. The Morgan fingerprint density at radius 3 is 2.68 bits per heavy atom. The second-order valence-electron chi connectivity index (χ2n) is 5.89. The molecule has 0 bridgehead atoms. The van der Waals surface area contributed by atoms with Crippen molar-refractivity contribution in [2.45, 2.75) is 39.8 Å². The van der Waals surface area contributed by atoms with Crippen molar-refractivity contribution >= 4 is 5.91 Å². The van der Waals surface area contributed by atoms with Gasteiger partial charge < -0.3 is 15.0 Å². The Kier molecular flexibility index (Phi) is 5.30. The van der Waals surface area contributed by atoms with Crippen LogP contribution < -0.4 is 10.9 Å². The maximum atomic E-state index is 11.6. The highest BCUT2D eigenvalue weighted by Gasteiger charge is 2.16. The van der Waals surface area contributed by atoms with Crippen molar-refractivity contribution in [2.24, 2.45) is 5.41 Å². The molecular formula is C14H22N2O3. The quantitative estimate of drug-likeness (QED) is 0.826. The second kappa shape index (κ2) is 6.52. The molecule has 0 spiro atoms. The van der Waals surface area contributed by atoms with Gasteiger partial charge in [0.2, 0.25) is 5.91 Å². The largest absolute Gasteiger partial charge is 0.389 e. The van der Waals surface area contributed by atoms with E-state index in [1.165, 1.54) is 10.6 Å². The van der Waals surface area contributed by atoms with Crippen molar-refractivity contribution < 1.29 is 9.90 Å². The number of aliphatic hydroxyl groups excluding tert-OH is 1. The van der Waals surface area contributed by atoms with E-state index in [9.17, 15) is 14.7 Å². The lowest BCUT2D eigenvalue weighted by Crippen LogP contribution is -2.37. The number of hydrogen-bond acceptors (Lipinski definition) is 3. The summed E-state index contributed by atoms with van der Waals surface area (Å²) in [5.74, 6) is -0.0908. The van der Waals surface area contributed by atoms with Gasteiger partial charge in [0.05, 0.1) is 12.6 Å². The summed E-state index contributed by atoms with van der Waals surface area (Å²) in [4.78, 5) is 23.0. The van der Waals surface area contributed by atoms with E-state index in [-0.39, 0.29) is 30.0 Å². The average Bonchev–Trinajstić information content (AvgIpc) is 2.27. The number of aromatic nitrogens is 1. The van der Waals surface area contributed by atoms with E-state index in [0.717, 1.165) is 0 Å². The van der Waals surface area contributed by atoms with Gasteiger partial charge in [-0.05, 0) is 11.5 Å². The summed E-state index contributed by atoms with van der Waals surface area (Å²) in [6.45, 7) is 6.26. The zero-order valence-corrected chi connectivity index (χ0v) is 11.7. The van der Waals surface area contributed by atoms with Crippen LogP contribution in [0.1, 0.15) is 27.2 Å². The Morgan fingerprint density at radius 2 is 2.11 bits per heavy atom. The summed E-state index contributed by atoms with van der Waals surface area (Å²) >= 11 is 0. The highest BCUT2D eigenvalue weighted by Crippen LogP contribution is 2.17. The van der Waals surface area contributed by atoms with Crippen molar-refractivity contribution in [2.75, 3.05) is 6.54 Å². The summed E-state index contributed by atoms with van der Waals surface area (Å²) in [6.07, 6.45) is 1.25. The summed E-state index contributed by atoms with van der Waals surface area (Å²) in [5, 5.41) is 12.5. The molecule has 0 radical (unpaired) electrons. The molecule has 1 aromatic rings. The molecule has 1 aromatic heterocycles. The Hall–Kier alpha value is -1.62. The molecule has 5 heteroatoms. The molecule has 0 fully saturated rings. The topological polar surface area (TPSA) is 71.3 Å². The molecule has 0 aliphatic heterocycles. The Balaban J connectivity index is 2.40. The fourth-order valence-electron chi connectivity index (χ4n) is 1.68. The molecule has 1 unspecified atom stereocenters. The molecule has 0 saturated carbocycles. The first-order valence-electron chi connectivity index (χ1n) is 6.38. The number of amides is 1. The lowest BCUT2D eigenvalue weighted by Gasteiger charge is -2.18. The van der Waals surface area contributed by atoms with Crippen LogP contribution in [-0.2, 0) is 11.3 Å². The number of pyridine rings is 1. The molecule has 19 heavy (non-hydrogen) atoms. The number of aliphatic hydroxyl groups is 1. The van der Waals surface area contributed by atoms with Crippen LogP contribution >= 0.6 is 0 Å². The van der Waals surface area contributed by atoms with Gasteiger partial charge >= 0.3 is 0 Å². The first-order chi connectivity index (χ1) is 8.78. The minimum absolute atomic E-state index is 0.0780. The first kappa shape index (κ1) is 15.4. The average molecular weight is 266 g/mol. The van der Waals surface area contributed by atoms with E-state index in [1.807, 2.05) is 20.8 Å². The minimum atomic E-state index is -0.774. The lowest BCUT2D eigenvalue weighted by atomic mass is 9.92. The van der Waals surface area contributed by atoms with Gasteiger partial charge in [-0.15, -0.1) is 0 Å². The normalized spacial score (nSPS) is 13.1. The lowest BCUT2D eigenvalue weighted by molar-refractivity contribution is -0.123. The van der Waals surface area contributed by atoms with Gasteiger partial charge in [0, 0.05) is 25.2 Å².